The summed E-state index contributed by atoms with van der Waals surface area (Å²) in [7, 11) is -2.02. The number of carbonyl (C=O) groups is 3. The Hall–Kier alpha value is -2.15. The highest BCUT2D eigenvalue weighted by Crippen LogP contribution is 2.41. The summed E-state index contributed by atoms with van der Waals surface area (Å²) in [6.07, 6.45) is 3.04. The first-order valence-electron chi connectivity index (χ1n) is 12.4. The fraction of sp³-hybridized carbons (Fsp3) is 0.667. The predicted octanol–water partition coefficient (Wildman–Crippen LogP) is 5.82. The number of rotatable bonds is 9. The molecule has 0 saturated heterocycles. The lowest BCUT2D eigenvalue weighted by Gasteiger charge is -2.38. The smallest absolute Gasteiger partial charge is 0.306 e. The van der Waals surface area contributed by atoms with Crippen LogP contribution in [0.1, 0.15) is 89.6 Å². The molecule has 1 unspecified atom stereocenters. The van der Waals surface area contributed by atoms with Crippen molar-refractivity contribution in [3.05, 3.63) is 29.3 Å². The number of benzene rings is 1. The molecule has 34 heavy (non-hydrogen) atoms. The number of hydrogen-bond donors (Lipinski definition) is 1. The second-order valence-electron chi connectivity index (χ2n) is 12.0. The van der Waals surface area contributed by atoms with E-state index in [1.165, 1.54) is 0 Å². The minimum absolute atomic E-state index is 0.0695. The van der Waals surface area contributed by atoms with Crippen LogP contribution in [0.25, 0.3) is 0 Å². The Morgan fingerprint density at radius 2 is 1.76 bits per heavy atom. The second-order valence-corrected chi connectivity index (χ2v) is 16.8. The van der Waals surface area contributed by atoms with E-state index >= 15 is 0 Å². The molecule has 0 aromatic heterocycles. The van der Waals surface area contributed by atoms with E-state index in [0.717, 1.165) is 29.7 Å². The van der Waals surface area contributed by atoms with Crippen molar-refractivity contribution >= 4 is 26.0 Å². The average Bonchev–Trinajstić information content (AvgIpc) is 2.67. The van der Waals surface area contributed by atoms with Crippen LogP contribution in [0.3, 0.4) is 0 Å². The van der Waals surface area contributed by atoms with Gasteiger partial charge in [0, 0.05) is 29.4 Å². The third-order valence-electron chi connectivity index (χ3n) is 7.07. The fourth-order valence-corrected chi connectivity index (χ4v) is 5.09. The number of nitrogens with two attached hydrogens (primary N) is 1. The van der Waals surface area contributed by atoms with Gasteiger partial charge in [0.05, 0.1) is 0 Å². The molecule has 2 N–H and O–H groups in total. The normalized spacial score (nSPS) is 17.6. The molecule has 7 heteroatoms. The molecule has 0 aliphatic heterocycles. The number of hydrogen-bond acceptors (Lipinski definition) is 5. The van der Waals surface area contributed by atoms with Gasteiger partial charge in [0.1, 0.15) is 11.4 Å². The number of Topliss-reactive ketones (excluding diaryl/α,β-unsaturated/α-hetero) is 1. The second kappa shape index (κ2) is 10.6. The van der Waals surface area contributed by atoms with Crippen LogP contribution in [0.2, 0.25) is 18.1 Å². The van der Waals surface area contributed by atoms with Gasteiger partial charge in [-0.25, -0.2) is 0 Å². The maximum atomic E-state index is 13.3. The summed E-state index contributed by atoms with van der Waals surface area (Å²) in [5, 5.41) is 0.0695. The summed E-state index contributed by atoms with van der Waals surface area (Å²) >= 11 is 0. The molecule has 0 radical (unpaired) electrons. The molecule has 0 bridgehead atoms. The van der Waals surface area contributed by atoms with Gasteiger partial charge in [-0.05, 0) is 77.1 Å². The number of esters is 1. The van der Waals surface area contributed by atoms with Crippen LogP contribution in [0, 0.1) is 11.8 Å². The topological polar surface area (TPSA) is 95.7 Å². The number of amides is 1. The van der Waals surface area contributed by atoms with Gasteiger partial charge >= 0.3 is 5.97 Å². The van der Waals surface area contributed by atoms with Gasteiger partial charge < -0.3 is 14.9 Å². The zero-order valence-electron chi connectivity index (χ0n) is 22.2. The van der Waals surface area contributed by atoms with E-state index in [2.05, 4.69) is 33.9 Å². The van der Waals surface area contributed by atoms with Crippen molar-refractivity contribution in [2.75, 3.05) is 0 Å². The standard InChI is InChI=1S/C27H43NO5Si/c1-26(2,3)32-23(29)17-15-19(25(28)31)13-12-18-14-16-20-21(24(18)30)10-9-11-22(20)33-34(7,8)27(4,5)6/h9-11,18-19H,12-17H2,1-8H3,(H2,28,31)/t18?,19-/m0/s1. The highest BCUT2D eigenvalue weighted by Gasteiger charge is 2.40. The Balaban J connectivity index is 2.05. The monoisotopic (exact) mass is 489 g/mol. The van der Waals surface area contributed by atoms with Gasteiger partial charge in [-0.1, -0.05) is 32.9 Å². The largest absolute Gasteiger partial charge is 0.543 e. The lowest BCUT2D eigenvalue weighted by molar-refractivity contribution is -0.155. The summed E-state index contributed by atoms with van der Waals surface area (Å²) in [4.78, 5) is 37.3. The number of primary amides is 1. The maximum absolute atomic E-state index is 13.3. The zero-order chi connectivity index (χ0) is 25.9. The summed E-state index contributed by atoms with van der Waals surface area (Å²) < 4.78 is 11.9. The first-order valence-corrected chi connectivity index (χ1v) is 15.3. The van der Waals surface area contributed by atoms with E-state index in [9.17, 15) is 14.4 Å². The van der Waals surface area contributed by atoms with Crippen molar-refractivity contribution in [1.82, 2.24) is 0 Å². The van der Waals surface area contributed by atoms with Gasteiger partial charge in [0.2, 0.25) is 14.2 Å². The predicted molar refractivity (Wildman–Crippen MR) is 137 cm³/mol. The molecule has 1 aromatic rings. The molecule has 6 nitrogen and oxygen atoms in total. The third kappa shape index (κ3) is 7.42. The molecule has 2 atom stereocenters. The molecule has 1 aliphatic carbocycles. The van der Waals surface area contributed by atoms with Crippen LogP contribution in [0.15, 0.2) is 18.2 Å². The quantitative estimate of drug-likeness (QED) is 0.348. The summed E-state index contributed by atoms with van der Waals surface area (Å²) in [5.74, 6) is -0.428. The van der Waals surface area contributed by atoms with Crippen molar-refractivity contribution in [3.63, 3.8) is 0 Å². The summed E-state index contributed by atoms with van der Waals surface area (Å²) in [5.41, 5.74) is 6.78. The molecular weight excluding hydrogens is 446 g/mol. The van der Waals surface area contributed by atoms with Crippen LogP contribution in [0.5, 0.6) is 5.75 Å². The molecule has 0 saturated carbocycles. The number of carbonyl (C=O) groups excluding carboxylic acids is 3. The molecule has 1 aliphatic rings. The minimum atomic E-state index is -2.02. The van der Waals surface area contributed by atoms with Crippen molar-refractivity contribution in [2.45, 2.75) is 104 Å². The van der Waals surface area contributed by atoms with E-state index in [4.69, 9.17) is 14.9 Å². The lowest BCUT2D eigenvalue weighted by atomic mass is 9.78. The van der Waals surface area contributed by atoms with Crippen molar-refractivity contribution in [2.24, 2.45) is 17.6 Å². The van der Waals surface area contributed by atoms with E-state index in [1.54, 1.807) is 0 Å². The van der Waals surface area contributed by atoms with Gasteiger partial charge in [-0.15, -0.1) is 0 Å². The average molecular weight is 490 g/mol. The molecule has 190 valence electrons. The minimum Gasteiger partial charge on any atom is -0.543 e. The first kappa shape index (κ1) is 28.1. The number of ketones is 1. The Morgan fingerprint density at radius 3 is 2.32 bits per heavy atom. The van der Waals surface area contributed by atoms with Gasteiger partial charge in [0.15, 0.2) is 5.78 Å². The highest BCUT2D eigenvalue weighted by atomic mass is 28.4. The van der Waals surface area contributed by atoms with Crippen LogP contribution in [-0.2, 0) is 20.7 Å². The molecule has 2 rings (SSSR count). The van der Waals surface area contributed by atoms with Crippen molar-refractivity contribution < 1.29 is 23.5 Å². The molecule has 1 aromatic carbocycles. The molecular formula is C27H43NO5Si. The highest BCUT2D eigenvalue weighted by molar-refractivity contribution is 6.74. The Morgan fingerprint density at radius 1 is 1.12 bits per heavy atom. The SMILES string of the molecule is CC(C)(C)OC(=O)CC[C@H](CCC1CCc2c(O[Si](C)(C)C(C)(C)C)cccc2C1=O)C(N)=O. The van der Waals surface area contributed by atoms with Gasteiger partial charge in [-0.2, -0.15) is 0 Å². The number of fused-ring (bicyclic) bond motifs is 1. The van der Waals surface area contributed by atoms with Crippen LogP contribution < -0.4 is 10.2 Å². The first-order chi connectivity index (χ1) is 15.5. The van der Waals surface area contributed by atoms with Gasteiger partial charge in [-0.3, -0.25) is 14.4 Å². The fourth-order valence-electron chi connectivity index (χ4n) is 4.04. The summed E-state index contributed by atoms with van der Waals surface area (Å²) in [6.45, 7) is 16.5. The van der Waals surface area contributed by atoms with E-state index in [-0.39, 0.29) is 29.1 Å². The molecule has 0 heterocycles. The molecule has 0 spiro atoms. The third-order valence-corrected chi connectivity index (χ3v) is 11.4. The summed E-state index contributed by atoms with van der Waals surface area (Å²) in [6, 6.07) is 5.76. The Labute approximate surface area is 206 Å². The molecule has 0 fully saturated rings. The van der Waals surface area contributed by atoms with Crippen molar-refractivity contribution in [1.29, 1.82) is 0 Å². The van der Waals surface area contributed by atoms with E-state index in [1.807, 2.05) is 39.0 Å². The van der Waals surface area contributed by atoms with Crippen LogP contribution in [-0.4, -0.2) is 31.6 Å². The van der Waals surface area contributed by atoms with Crippen LogP contribution >= 0.6 is 0 Å². The van der Waals surface area contributed by atoms with Crippen LogP contribution in [0.4, 0.5) is 0 Å². The molecule has 1 amide bonds. The van der Waals surface area contributed by atoms with Crippen molar-refractivity contribution in [3.8, 4) is 5.75 Å². The van der Waals surface area contributed by atoms with Gasteiger partial charge in [0.25, 0.3) is 0 Å². The Bertz CT molecular complexity index is 911. The zero-order valence-corrected chi connectivity index (χ0v) is 23.2. The maximum Gasteiger partial charge on any atom is 0.306 e. The Kier molecular flexibility index (Phi) is 8.78. The van der Waals surface area contributed by atoms with E-state index in [0.29, 0.717) is 19.3 Å². The van der Waals surface area contributed by atoms with E-state index < -0.39 is 25.7 Å². The lowest BCUT2D eigenvalue weighted by Crippen LogP contribution is -2.44. The number of ether oxygens (including phenoxy) is 1.